The van der Waals surface area contributed by atoms with E-state index in [0.29, 0.717) is 0 Å². The third kappa shape index (κ3) is 2.91. The van der Waals surface area contributed by atoms with Crippen LogP contribution >= 0.6 is 0 Å². The second-order valence-corrected chi connectivity index (χ2v) is 2.05. The van der Waals surface area contributed by atoms with E-state index in [-0.39, 0.29) is 0 Å². The molecule has 0 N–H and O–H groups in total. The minimum Gasteiger partial charge on any atom is -0.0842 e. The molecule has 1 rings (SSSR count). The van der Waals surface area contributed by atoms with Crippen molar-refractivity contribution in [1.82, 2.24) is 0 Å². The first-order valence-electron chi connectivity index (χ1n) is 3.37. The van der Waals surface area contributed by atoms with E-state index in [4.69, 9.17) is 0 Å². The summed E-state index contributed by atoms with van der Waals surface area (Å²) in [7, 11) is 0. The fourth-order valence-corrected chi connectivity index (χ4v) is 0.754. The summed E-state index contributed by atoms with van der Waals surface area (Å²) < 4.78 is 0. The van der Waals surface area contributed by atoms with Crippen molar-refractivity contribution in [3.05, 3.63) is 36.5 Å². The Morgan fingerprint density at radius 1 is 1.00 bits per heavy atom. The van der Waals surface area contributed by atoms with Crippen LogP contribution in [-0.4, -0.2) is 0 Å². The van der Waals surface area contributed by atoms with Gasteiger partial charge in [-0.1, -0.05) is 30.4 Å². The molecule has 1 aliphatic rings. The zero-order valence-electron chi connectivity index (χ0n) is 5.51. The van der Waals surface area contributed by atoms with Crippen LogP contribution in [0.1, 0.15) is 19.3 Å². The van der Waals surface area contributed by atoms with Gasteiger partial charge in [0.2, 0.25) is 0 Å². The molecule has 0 heteroatoms. The second-order valence-electron chi connectivity index (χ2n) is 2.05. The molecule has 0 aliphatic heterocycles. The molecule has 0 amide bonds. The summed E-state index contributed by atoms with van der Waals surface area (Å²) in [6.07, 6.45) is 17.0. The van der Waals surface area contributed by atoms with Gasteiger partial charge in [0.1, 0.15) is 0 Å². The van der Waals surface area contributed by atoms with Crippen LogP contribution in [0.2, 0.25) is 0 Å². The molecule has 0 aromatic heterocycles. The van der Waals surface area contributed by atoms with Crippen molar-refractivity contribution in [3.8, 4) is 0 Å². The van der Waals surface area contributed by atoms with E-state index in [1.54, 1.807) is 0 Å². The Hall–Kier alpha value is -0.780. The summed E-state index contributed by atoms with van der Waals surface area (Å²) in [4.78, 5) is 0. The summed E-state index contributed by atoms with van der Waals surface area (Å²) in [6, 6.07) is 0. The highest BCUT2D eigenvalue weighted by Gasteiger charge is 1.78. The number of hydrogen-bond donors (Lipinski definition) is 0. The molecule has 0 bridgehead atoms. The first-order valence-corrected chi connectivity index (χ1v) is 3.37. The molecule has 1 radical (unpaired) electrons. The summed E-state index contributed by atoms with van der Waals surface area (Å²) in [5.74, 6) is 0. The van der Waals surface area contributed by atoms with E-state index in [9.17, 15) is 0 Å². The van der Waals surface area contributed by atoms with Gasteiger partial charge in [0.15, 0.2) is 0 Å². The zero-order chi connectivity index (χ0) is 6.36. The molecule has 0 spiro atoms. The highest BCUT2D eigenvalue weighted by molar-refractivity contribution is 5.05. The van der Waals surface area contributed by atoms with Crippen LogP contribution in [0.4, 0.5) is 0 Å². The van der Waals surface area contributed by atoms with E-state index in [1.807, 2.05) is 0 Å². The molecular weight excluding hydrogens is 108 g/mol. The van der Waals surface area contributed by atoms with Crippen LogP contribution < -0.4 is 0 Å². The lowest BCUT2D eigenvalue weighted by Crippen LogP contribution is -1.61. The topological polar surface area (TPSA) is 0 Å². The molecule has 0 unspecified atom stereocenters. The second kappa shape index (κ2) is 4.13. The molecule has 0 aromatic rings. The first-order chi connectivity index (χ1) is 4.50. The summed E-state index contributed by atoms with van der Waals surface area (Å²) >= 11 is 0. The number of allylic oxidation sites excluding steroid dienone is 6. The lowest BCUT2D eigenvalue weighted by Gasteiger charge is -1.80. The molecule has 0 heterocycles. The van der Waals surface area contributed by atoms with E-state index < -0.39 is 0 Å². The van der Waals surface area contributed by atoms with Gasteiger partial charge < -0.3 is 0 Å². The minimum absolute atomic E-state index is 0.963. The predicted molar refractivity (Wildman–Crippen MR) is 39.9 cm³/mol. The Morgan fingerprint density at radius 2 is 1.89 bits per heavy atom. The average Bonchev–Trinajstić information content (AvgIpc) is 2.00. The largest absolute Gasteiger partial charge is 0.0842 e. The SMILES string of the molecule is [C]1=C/CC/C=C\C=C\C/1. The van der Waals surface area contributed by atoms with Crippen molar-refractivity contribution in [3.63, 3.8) is 0 Å². The quantitative estimate of drug-likeness (QED) is 0.460. The van der Waals surface area contributed by atoms with Gasteiger partial charge in [0, 0.05) is 0 Å². The first kappa shape index (κ1) is 6.34. The van der Waals surface area contributed by atoms with Crippen molar-refractivity contribution >= 4 is 0 Å². The molecule has 0 nitrogen and oxygen atoms in total. The van der Waals surface area contributed by atoms with E-state index in [0.717, 1.165) is 19.3 Å². The van der Waals surface area contributed by atoms with Gasteiger partial charge in [0.05, 0.1) is 0 Å². The molecule has 0 saturated heterocycles. The Kier molecular flexibility index (Phi) is 2.91. The van der Waals surface area contributed by atoms with Crippen molar-refractivity contribution in [2.24, 2.45) is 0 Å². The highest BCUT2D eigenvalue weighted by atomic mass is 13.8. The molecule has 47 valence electrons. The fourth-order valence-electron chi connectivity index (χ4n) is 0.754. The zero-order valence-corrected chi connectivity index (χ0v) is 5.51. The van der Waals surface area contributed by atoms with Crippen LogP contribution in [0, 0.1) is 6.08 Å². The Balaban J connectivity index is 2.43. The standard InChI is InChI=1S/C9H11/c1-2-4-6-8-9-7-5-3-1/h1-4,9H,5-7H2/b3-1-,4-2+,9-8?. The molecule has 1 aliphatic carbocycles. The van der Waals surface area contributed by atoms with Gasteiger partial charge in [-0.3, -0.25) is 0 Å². The van der Waals surface area contributed by atoms with Gasteiger partial charge in [-0.15, -0.1) is 0 Å². The highest BCUT2D eigenvalue weighted by Crippen LogP contribution is 1.97. The number of hydrogen-bond acceptors (Lipinski definition) is 0. The summed E-state index contributed by atoms with van der Waals surface area (Å²) in [5, 5.41) is 0. The maximum absolute atomic E-state index is 3.18. The molecule has 0 saturated carbocycles. The monoisotopic (exact) mass is 119 g/mol. The van der Waals surface area contributed by atoms with E-state index in [2.05, 4.69) is 36.5 Å². The predicted octanol–water partition coefficient (Wildman–Crippen LogP) is 2.64. The third-order valence-electron chi connectivity index (χ3n) is 1.24. The number of rotatable bonds is 0. The molecule has 0 aromatic carbocycles. The van der Waals surface area contributed by atoms with Gasteiger partial charge in [-0.25, -0.2) is 0 Å². The Labute approximate surface area is 56.6 Å². The van der Waals surface area contributed by atoms with E-state index in [1.165, 1.54) is 0 Å². The molecule has 9 heavy (non-hydrogen) atoms. The Morgan fingerprint density at radius 3 is 2.89 bits per heavy atom. The minimum atomic E-state index is 0.963. The maximum Gasteiger partial charge on any atom is -0.00948 e. The normalized spacial score (nSPS) is 29.3. The van der Waals surface area contributed by atoms with Gasteiger partial charge >= 0.3 is 0 Å². The smallest absolute Gasteiger partial charge is 0.00948 e. The van der Waals surface area contributed by atoms with Crippen molar-refractivity contribution in [1.29, 1.82) is 0 Å². The van der Waals surface area contributed by atoms with Crippen LogP contribution in [0.3, 0.4) is 0 Å². The Bertz CT molecular complexity index is 138. The fraction of sp³-hybridized carbons (Fsp3) is 0.333. The van der Waals surface area contributed by atoms with Gasteiger partial charge in [0.25, 0.3) is 0 Å². The maximum atomic E-state index is 3.18. The van der Waals surface area contributed by atoms with Crippen LogP contribution in [0.15, 0.2) is 30.4 Å². The van der Waals surface area contributed by atoms with Crippen molar-refractivity contribution < 1.29 is 0 Å². The summed E-state index contributed by atoms with van der Waals surface area (Å²) in [6.45, 7) is 0. The average molecular weight is 119 g/mol. The van der Waals surface area contributed by atoms with E-state index >= 15 is 0 Å². The molecule has 0 fully saturated rings. The van der Waals surface area contributed by atoms with Crippen LogP contribution in [0.5, 0.6) is 0 Å². The lowest BCUT2D eigenvalue weighted by molar-refractivity contribution is 1.04. The summed E-state index contributed by atoms with van der Waals surface area (Å²) in [5.41, 5.74) is 0. The van der Waals surface area contributed by atoms with Gasteiger partial charge in [-0.2, -0.15) is 0 Å². The van der Waals surface area contributed by atoms with Gasteiger partial charge in [-0.05, 0) is 25.3 Å². The van der Waals surface area contributed by atoms with Crippen molar-refractivity contribution in [2.75, 3.05) is 0 Å². The molecular formula is C9H11. The van der Waals surface area contributed by atoms with Crippen LogP contribution in [-0.2, 0) is 0 Å². The lowest BCUT2D eigenvalue weighted by atomic mass is 10.3. The molecule has 0 atom stereocenters. The van der Waals surface area contributed by atoms with Crippen LogP contribution in [0.25, 0.3) is 0 Å². The van der Waals surface area contributed by atoms with Crippen molar-refractivity contribution in [2.45, 2.75) is 19.3 Å². The third-order valence-corrected chi connectivity index (χ3v) is 1.24.